The van der Waals surface area contributed by atoms with Crippen LogP contribution in [0.2, 0.25) is 0 Å². The molecule has 0 spiro atoms. The second-order valence-electron chi connectivity index (χ2n) is 3.30. The fourth-order valence-electron chi connectivity index (χ4n) is 1.26. The Morgan fingerprint density at radius 1 is 1.55 bits per heavy atom. The van der Waals surface area contributed by atoms with E-state index in [1.54, 1.807) is 0 Å². The summed E-state index contributed by atoms with van der Waals surface area (Å²) in [4.78, 5) is 4.28. The highest BCUT2D eigenvalue weighted by Crippen LogP contribution is 2.31. The van der Waals surface area contributed by atoms with E-state index in [4.69, 9.17) is 0 Å². The predicted molar refractivity (Wildman–Crippen MR) is 45.1 cm³/mol. The summed E-state index contributed by atoms with van der Waals surface area (Å²) < 4.78 is 0. The van der Waals surface area contributed by atoms with Gasteiger partial charge in [0.15, 0.2) is 0 Å². The minimum atomic E-state index is 0.921. The minimum Gasteiger partial charge on any atom is -0.261 e. The Morgan fingerprint density at radius 2 is 2.36 bits per heavy atom. The van der Waals surface area contributed by atoms with Crippen molar-refractivity contribution in [2.45, 2.75) is 19.3 Å². The number of rotatable bonds is 2. The molecule has 1 radical (unpaired) electrons. The average molecular weight is 146 g/mol. The first-order valence-electron chi connectivity index (χ1n) is 4.11. The Bertz CT molecular complexity index is 251. The Hall–Kier alpha value is -0.850. The van der Waals surface area contributed by atoms with Crippen LogP contribution in [0.4, 0.5) is 0 Å². The normalized spacial score (nSPS) is 16.8. The van der Waals surface area contributed by atoms with E-state index in [1.165, 1.54) is 18.5 Å². The van der Waals surface area contributed by atoms with E-state index >= 15 is 0 Å². The van der Waals surface area contributed by atoms with E-state index < -0.39 is 0 Å². The van der Waals surface area contributed by atoms with Gasteiger partial charge in [0, 0.05) is 11.9 Å². The van der Waals surface area contributed by atoms with Crippen molar-refractivity contribution in [2.24, 2.45) is 5.92 Å². The summed E-state index contributed by atoms with van der Waals surface area (Å²) in [5.41, 5.74) is 2.29. The summed E-state index contributed by atoms with van der Waals surface area (Å²) in [7, 11) is 0. The van der Waals surface area contributed by atoms with E-state index in [0.717, 1.165) is 17.9 Å². The van der Waals surface area contributed by atoms with Gasteiger partial charge in [-0.1, -0.05) is 0 Å². The maximum absolute atomic E-state index is 4.28. The van der Waals surface area contributed by atoms with E-state index in [1.807, 2.05) is 12.3 Å². The average Bonchev–Trinajstić information content (AvgIpc) is 2.71. The lowest BCUT2D eigenvalue weighted by atomic mass is 10.1. The third-order valence-corrected chi connectivity index (χ3v) is 2.08. The summed E-state index contributed by atoms with van der Waals surface area (Å²) in [6.07, 6.45) is 5.79. The van der Waals surface area contributed by atoms with Crippen molar-refractivity contribution < 1.29 is 0 Å². The second-order valence-corrected chi connectivity index (χ2v) is 3.30. The van der Waals surface area contributed by atoms with Gasteiger partial charge in [-0.2, -0.15) is 0 Å². The second kappa shape index (κ2) is 2.65. The molecule has 1 saturated carbocycles. The molecule has 0 bridgehead atoms. The molecule has 1 aliphatic carbocycles. The molecule has 1 nitrogen and oxygen atoms in total. The molecule has 0 atom stereocenters. The molecule has 1 aromatic heterocycles. The summed E-state index contributed by atoms with van der Waals surface area (Å²) >= 11 is 0. The summed E-state index contributed by atoms with van der Waals surface area (Å²) in [5.74, 6) is 0.921. The van der Waals surface area contributed by atoms with Crippen molar-refractivity contribution in [3.8, 4) is 0 Å². The SMILES string of the molecule is [CH2]c1ccnc(CC2CC2)c1. The van der Waals surface area contributed by atoms with Crippen LogP contribution in [0.5, 0.6) is 0 Å². The lowest BCUT2D eigenvalue weighted by molar-refractivity contribution is 0.803. The van der Waals surface area contributed by atoms with E-state index in [0.29, 0.717) is 0 Å². The van der Waals surface area contributed by atoms with Crippen molar-refractivity contribution in [3.63, 3.8) is 0 Å². The predicted octanol–water partition coefficient (Wildman–Crippen LogP) is 2.22. The molecule has 1 aliphatic rings. The van der Waals surface area contributed by atoms with Crippen molar-refractivity contribution in [1.29, 1.82) is 0 Å². The summed E-state index contributed by atoms with van der Waals surface area (Å²) in [6, 6.07) is 4.02. The molecule has 0 aromatic carbocycles. The highest BCUT2D eigenvalue weighted by molar-refractivity contribution is 5.19. The highest BCUT2D eigenvalue weighted by Gasteiger charge is 2.21. The maximum atomic E-state index is 4.28. The van der Waals surface area contributed by atoms with Crippen LogP contribution in [-0.4, -0.2) is 4.98 Å². The smallest absolute Gasteiger partial charge is 0.0409 e. The molecule has 57 valence electrons. The molecular weight excluding hydrogens is 134 g/mol. The summed E-state index contributed by atoms with van der Waals surface area (Å²) in [6.45, 7) is 3.87. The van der Waals surface area contributed by atoms with Gasteiger partial charge in [0.05, 0.1) is 0 Å². The third-order valence-electron chi connectivity index (χ3n) is 2.08. The molecule has 0 saturated heterocycles. The van der Waals surface area contributed by atoms with Gasteiger partial charge in [0.1, 0.15) is 0 Å². The van der Waals surface area contributed by atoms with Gasteiger partial charge in [0.2, 0.25) is 0 Å². The van der Waals surface area contributed by atoms with Crippen LogP contribution in [-0.2, 0) is 6.42 Å². The third kappa shape index (κ3) is 1.79. The van der Waals surface area contributed by atoms with Gasteiger partial charge in [-0.15, -0.1) is 0 Å². The van der Waals surface area contributed by atoms with Crippen LogP contribution in [0.15, 0.2) is 18.3 Å². The number of pyridine rings is 1. The number of hydrogen-bond acceptors (Lipinski definition) is 1. The molecule has 0 amide bonds. The van der Waals surface area contributed by atoms with Crippen molar-refractivity contribution >= 4 is 0 Å². The Labute approximate surface area is 67.5 Å². The minimum absolute atomic E-state index is 0.921. The molecule has 11 heavy (non-hydrogen) atoms. The van der Waals surface area contributed by atoms with Crippen LogP contribution in [0, 0.1) is 12.8 Å². The monoisotopic (exact) mass is 146 g/mol. The Balaban J connectivity index is 2.10. The van der Waals surface area contributed by atoms with E-state index in [2.05, 4.69) is 18.0 Å². The van der Waals surface area contributed by atoms with Crippen LogP contribution in [0.25, 0.3) is 0 Å². The molecule has 0 unspecified atom stereocenters. The fraction of sp³-hybridized carbons (Fsp3) is 0.400. The van der Waals surface area contributed by atoms with Crippen LogP contribution < -0.4 is 0 Å². The number of nitrogens with zero attached hydrogens (tertiary/aromatic N) is 1. The van der Waals surface area contributed by atoms with Crippen molar-refractivity contribution in [3.05, 3.63) is 36.5 Å². The van der Waals surface area contributed by atoms with E-state index in [9.17, 15) is 0 Å². The molecule has 0 aliphatic heterocycles. The van der Waals surface area contributed by atoms with Gasteiger partial charge in [0.25, 0.3) is 0 Å². The molecule has 1 aromatic rings. The zero-order chi connectivity index (χ0) is 7.68. The fourth-order valence-corrected chi connectivity index (χ4v) is 1.26. The quantitative estimate of drug-likeness (QED) is 0.623. The molecule has 1 heteroatoms. The molecule has 1 heterocycles. The first-order valence-corrected chi connectivity index (χ1v) is 4.11. The zero-order valence-corrected chi connectivity index (χ0v) is 6.59. The number of aromatic nitrogens is 1. The topological polar surface area (TPSA) is 12.9 Å². The van der Waals surface area contributed by atoms with Crippen molar-refractivity contribution in [1.82, 2.24) is 4.98 Å². The lowest BCUT2D eigenvalue weighted by Gasteiger charge is -1.98. The van der Waals surface area contributed by atoms with Gasteiger partial charge >= 0.3 is 0 Å². The van der Waals surface area contributed by atoms with Gasteiger partial charge in [-0.05, 0) is 49.8 Å². The van der Waals surface area contributed by atoms with E-state index in [-0.39, 0.29) is 0 Å². The van der Waals surface area contributed by atoms with Gasteiger partial charge in [-0.3, -0.25) is 4.98 Å². The Kier molecular flexibility index (Phi) is 1.65. The standard InChI is InChI=1S/C10H12N/c1-8-4-5-11-10(6-8)7-9-2-3-9/h4-6,9H,1-3,7H2. The van der Waals surface area contributed by atoms with Gasteiger partial charge < -0.3 is 0 Å². The largest absolute Gasteiger partial charge is 0.261 e. The lowest BCUT2D eigenvalue weighted by Crippen LogP contribution is -1.91. The van der Waals surface area contributed by atoms with Gasteiger partial charge in [-0.25, -0.2) is 0 Å². The van der Waals surface area contributed by atoms with Crippen LogP contribution in [0.3, 0.4) is 0 Å². The first-order chi connectivity index (χ1) is 5.34. The molecule has 2 rings (SSSR count). The zero-order valence-electron chi connectivity index (χ0n) is 6.59. The Morgan fingerprint density at radius 3 is 3.00 bits per heavy atom. The molecule has 0 N–H and O–H groups in total. The maximum Gasteiger partial charge on any atom is 0.0409 e. The number of hydrogen-bond donors (Lipinski definition) is 0. The highest BCUT2D eigenvalue weighted by atomic mass is 14.7. The summed E-state index contributed by atoms with van der Waals surface area (Å²) in [5, 5.41) is 0. The van der Waals surface area contributed by atoms with Crippen LogP contribution in [0.1, 0.15) is 24.1 Å². The first kappa shape index (κ1) is 6.84. The van der Waals surface area contributed by atoms with Crippen molar-refractivity contribution in [2.75, 3.05) is 0 Å². The molecular formula is C10H12N. The van der Waals surface area contributed by atoms with Crippen LogP contribution >= 0.6 is 0 Å². The molecule has 1 fully saturated rings.